The number of hydrogen-bond donors (Lipinski definition) is 0. The van der Waals surface area contributed by atoms with Crippen LogP contribution in [0.25, 0.3) is 16.8 Å². The molecule has 0 unspecified atom stereocenters. The quantitative estimate of drug-likeness (QED) is 0.472. The Kier molecular flexibility index (Phi) is 5.54. The van der Waals surface area contributed by atoms with Gasteiger partial charge in [-0.2, -0.15) is 10.4 Å². The molecule has 4 aromatic rings. The summed E-state index contributed by atoms with van der Waals surface area (Å²) in [6, 6.07) is 18.3. The minimum absolute atomic E-state index is 0.155. The third-order valence-corrected chi connectivity index (χ3v) is 4.70. The molecule has 0 aliphatic rings. The Balaban J connectivity index is 1.74. The number of nitriles is 1. The number of aryl methyl sites for hydroxylation is 1. The summed E-state index contributed by atoms with van der Waals surface area (Å²) < 4.78 is 14.7. The maximum Gasteiger partial charge on any atom is 0.254 e. The van der Waals surface area contributed by atoms with Crippen molar-refractivity contribution in [3.8, 4) is 40.1 Å². The highest BCUT2D eigenvalue weighted by Crippen LogP contribution is 2.30. The molecule has 0 bridgehead atoms. The van der Waals surface area contributed by atoms with E-state index in [0.29, 0.717) is 35.1 Å². The largest absolute Gasteiger partial charge is 0.493 e. The van der Waals surface area contributed by atoms with Gasteiger partial charge in [-0.25, -0.2) is 4.68 Å². The van der Waals surface area contributed by atoms with Crippen molar-refractivity contribution in [3.05, 3.63) is 89.1 Å². The van der Waals surface area contributed by atoms with Gasteiger partial charge < -0.3 is 14.0 Å². The van der Waals surface area contributed by atoms with E-state index in [2.05, 4.69) is 11.2 Å². The first-order chi connectivity index (χ1) is 15.1. The summed E-state index contributed by atoms with van der Waals surface area (Å²) in [7, 11) is 1.68. The van der Waals surface area contributed by atoms with Crippen LogP contribution in [-0.4, -0.2) is 21.0 Å². The van der Waals surface area contributed by atoms with Crippen LogP contribution in [0.4, 0.5) is 0 Å². The van der Waals surface area contributed by atoms with E-state index >= 15 is 0 Å². The maximum atomic E-state index is 12.0. The van der Waals surface area contributed by atoms with Gasteiger partial charge in [0.2, 0.25) is 0 Å². The number of benzene rings is 2. The zero-order valence-electron chi connectivity index (χ0n) is 17.1. The van der Waals surface area contributed by atoms with Crippen LogP contribution in [0.3, 0.4) is 0 Å². The molecule has 0 N–H and O–H groups in total. The Labute approximate surface area is 179 Å². The van der Waals surface area contributed by atoms with Crippen molar-refractivity contribution in [1.29, 1.82) is 5.26 Å². The first-order valence-corrected chi connectivity index (χ1v) is 9.75. The summed E-state index contributed by atoms with van der Waals surface area (Å²) in [5.74, 6) is 1.78. The van der Waals surface area contributed by atoms with Gasteiger partial charge in [-0.1, -0.05) is 18.2 Å². The standard InChI is InChI=1S/C24H20N4O3/c1-3-30-23-12-24(29)27(2)16-21(23)18-14-26-28(15-18)22-11-20(10-9-17(22)13-25)31-19-7-5-4-6-8-19/h4-12,14-16H,3H2,1-2H3. The molecule has 0 radical (unpaired) electrons. The fourth-order valence-electron chi connectivity index (χ4n) is 3.18. The van der Waals surface area contributed by atoms with Crippen LogP contribution in [-0.2, 0) is 7.05 Å². The van der Waals surface area contributed by atoms with Gasteiger partial charge in [-0.3, -0.25) is 4.79 Å². The smallest absolute Gasteiger partial charge is 0.254 e. The molecule has 0 fully saturated rings. The van der Waals surface area contributed by atoms with Crippen LogP contribution in [0.2, 0.25) is 0 Å². The van der Waals surface area contributed by atoms with E-state index in [1.807, 2.05) is 37.3 Å². The zero-order valence-corrected chi connectivity index (χ0v) is 17.1. The summed E-state index contributed by atoms with van der Waals surface area (Å²) >= 11 is 0. The normalized spacial score (nSPS) is 10.5. The molecule has 4 rings (SSSR count). The minimum atomic E-state index is -0.155. The molecule has 31 heavy (non-hydrogen) atoms. The lowest BCUT2D eigenvalue weighted by Gasteiger charge is -2.10. The summed E-state index contributed by atoms with van der Waals surface area (Å²) in [6.45, 7) is 2.30. The predicted octanol–water partition coefficient (Wildman–Crippen LogP) is 4.30. The van der Waals surface area contributed by atoms with Crippen LogP contribution in [0, 0.1) is 11.3 Å². The number of hydrogen-bond acceptors (Lipinski definition) is 5. The van der Waals surface area contributed by atoms with Crippen LogP contribution in [0.1, 0.15) is 12.5 Å². The second-order valence-corrected chi connectivity index (χ2v) is 6.81. The molecular weight excluding hydrogens is 392 g/mol. The van der Waals surface area contributed by atoms with Crippen LogP contribution >= 0.6 is 0 Å². The molecule has 0 amide bonds. The first-order valence-electron chi connectivity index (χ1n) is 9.75. The number of nitrogens with zero attached hydrogens (tertiary/aromatic N) is 4. The lowest BCUT2D eigenvalue weighted by Crippen LogP contribution is -2.15. The summed E-state index contributed by atoms with van der Waals surface area (Å²) in [4.78, 5) is 12.0. The lowest BCUT2D eigenvalue weighted by atomic mass is 10.1. The van der Waals surface area contributed by atoms with E-state index in [0.717, 1.165) is 11.1 Å². The number of ether oxygens (including phenoxy) is 2. The minimum Gasteiger partial charge on any atom is -0.493 e. The van der Waals surface area contributed by atoms with Crippen LogP contribution < -0.4 is 15.0 Å². The summed E-state index contributed by atoms with van der Waals surface area (Å²) in [5.41, 5.74) is 2.39. The number of rotatable bonds is 6. The Bertz CT molecular complexity index is 1320. The molecule has 0 saturated heterocycles. The Morgan fingerprint density at radius 2 is 1.87 bits per heavy atom. The fourth-order valence-corrected chi connectivity index (χ4v) is 3.18. The molecule has 7 nitrogen and oxygen atoms in total. The van der Waals surface area contributed by atoms with E-state index in [1.165, 1.54) is 10.6 Å². The van der Waals surface area contributed by atoms with Gasteiger partial charge in [0.1, 0.15) is 23.3 Å². The van der Waals surface area contributed by atoms with Gasteiger partial charge in [-0.05, 0) is 31.2 Å². The Morgan fingerprint density at radius 1 is 1.06 bits per heavy atom. The molecule has 154 valence electrons. The monoisotopic (exact) mass is 412 g/mol. The van der Waals surface area contributed by atoms with E-state index in [9.17, 15) is 10.1 Å². The molecule has 0 saturated carbocycles. The van der Waals surface area contributed by atoms with Crippen molar-refractivity contribution in [3.63, 3.8) is 0 Å². The molecule has 0 aliphatic heterocycles. The molecule has 2 aromatic heterocycles. The van der Waals surface area contributed by atoms with Crippen LogP contribution in [0.5, 0.6) is 17.2 Å². The third kappa shape index (κ3) is 4.19. The maximum absolute atomic E-state index is 12.0. The number of para-hydroxylation sites is 1. The average molecular weight is 412 g/mol. The highest BCUT2D eigenvalue weighted by molar-refractivity contribution is 5.69. The SMILES string of the molecule is CCOc1cc(=O)n(C)cc1-c1cnn(-c2cc(Oc3ccccc3)ccc2C#N)c1. The Morgan fingerprint density at radius 3 is 2.61 bits per heavy atom. The fraction of sp³-hybridized carbons (Fsp3) is 0.125. The van der Waals surface area contributed by atoms with E-state index in [-0.39, 0.29) is 5.56 Å². The molecule has 0 spiro atoms. The van der Waals surface area contributed by atoms with Crippen molar-refractivity contribution in [2.45, 2.75) is 6.92 Å². The molecule has 0 aliphatic carbocycles. The van der Waals surface area contributed by atoms with Gasteiger partial charge in [0.15, 0.2) is 0 Å². The van der Waals surface area contributed by atoms with Crippen molar-refractivity contribution in [1.82, 2.24) is 14.3 Å². The van der Waals surface area contributed by atoms with Gasteiger partial charge >= 0.3 is 0 Å². The van der Waals surface area contributed by atoms with E-state index in [1.54, 1.807) is 48.5 Å². The molecule has 2 heterocycles. The van der Waals surface area contributed by atoms with Gasteiger partial charge in [0, 0.05) is 42.7 Å². The highest BCUT2D eigenvalue weighted by Gasteiger charge is 2.14. The van der Waals surface area contributed by atoms with Crippen molar-refractivity contribution in [2.24, 2.45) is 7.05 Å². The van der Waals surface area contributed by atoms with Gasteiger partial charge in [0.05, 0.1) is 24.1 Å². The van der Waals surface area contributed by atoms with Gasteiger partial charge in [0.25, 0.3) is 5.56 Å². The van der Waals surface area contributed by atoms with Crippen molar-refractivity contribution >= 4 is 0 Å². The third-order valence-electron chi connectivity index (χ3n) is 4.70. The van der Waals surface area contributed by atoms with E-state index < -0.39 is 0 Å². The van der Waals surface area contributed by atoms with E-state index in [4.69, 9.17) is 9.47 Å². The molecular formula is C24H20N4O3. The molecule has 0 atom stereocenters. The Hall–Kier alpha value is -4.31. The number of aromatic nitrogens is 3. The summed E-state index contributed by atoms with van der Waals surface area (Å²) in [6.07, 6.45) is 5.19. The second-order valence-electron chi connectivity index (χ2n) is 6.81. The second kappa shape index (κ2) is 8.59. The van der Waals surface area contributed by atoms with Crippen molar-refractivity contribution < 1.29 is 9.47 Å². The number of pyridine rings is 1. The van der Waals surface area contributed by atoms with Crippen molar-refractivity contribution in [2.75, 3.05) is 6.61 Å². The van der Waals surface area contributed by atoms with Crippen LogP contribution in [0.15, 0.2) is 78.0 Å². The molecule has 2 aromatic carbocycles. The predicted molar refractivity (Wildman–Crippen MR) is 117 cm³/mol. The molecule has 7 heteroatoms. The average Bonchev–Trinajstić information content (AvgIpc) is 3.27. The summed E-state index contributed by atoms with van der Waals surface area (Å²) in [5, 5.41) is 14.0. The highest BCUT2D eigenvalue weighted by atomic mass is 16.5. The van der Waals surface area contributed by atoms with Gasteiger partial charge in [-0.15, -0.1) is 0 Å². The first kappa shape index (κ1) is 20.0. The lowest BCUT2D eigenvalue weighted by molar-refractivity contribution is 0.340. The topological polar surface area (TPSA) is 82.1 Å². The zero-order chi connectivity index (χ0) is 21.8.